The maximum absolute atomic E-state index is 4.42. The Morgan fingerprint density at radius 1 is 0.955 bits per heavy atom. The van der Waals surface area contributed by atoms with E-state index in [1.165, 1.54) is 61.6 Å². The van der Waals surface area contributed by atoms with E-state index in [9.17, 15) is 0 Å². The van der Waals surface area contributed by atoms with E-state index in [1.807, 2.05) is 0 Å². The zero-order valence-corrected chi connectivity index (χ0v) is 14.4. The van der Waals surface area contributed by atoms with Gasteiger partial charge in [0.1, 0.15) is 0 Å². The van der Waals surface area contributed by atoms with Gasteiger partial charge < -0.3 is 0 Å². The van der Waals surface area contributed by atoms with Gasteiger partial charge in [0.15, 0.2) is 0 Å². The summed E-state index contributed by atoms with van der Waals surface area (Å²) in [6, 6.07) is 15.8. The monoisotopic (exact) mass is 310 g/mol. The molecule has 0 heterocycles. The standard InChI is InChI=1S/C21H26S/c1-2-6-16-9-14-20(18-10-12-19(22)13-11-18)21(15-16)17-7-4-3-5-8-17/h9-15,17,22H,2-8H2,1H3. The molecule has 0 nitrogen and oxygen atoms in total. The normalized spacial score (nSPS) is 15.9. The Balaban J connectivity index is 2.01. The summed E-state index contributed by atoms with van der Waals surface area (Å²) in [5.74, 6) is 0.747. The van der Waals surface area contributed by atoms with Gasteiger partial charge in [-0.25, -0.2) is 0 Å². The smallest absolute Gasteiger partial charge is 0.00404 e. The number of aryl methyl sites for hydroxylation is 1. The highest BCUT2D eigenvalue weighted by molar-refractivity contribution is 7.80. The lowest BCUT2D eigenvalue weighted by Crippen LogP contribution is -2.07. The van der Waals surface area contributed by atoms with Gasteiger partial charge in [-0.05, 0) is 59.6 Å². The van der Waals surface area contributed by atoms with Crippen LogP contribution in [0.1, 0.15) is 62.5 Å². The number of hydrogen-bond acceptors (Lipinski definition) is 1. The first kappa shape index (κ1) is 15.7. The van der Waals surface area contributed by atoms with Crippen molar-refractivity contribution in [1.82, 2.24) is 0 Å². The minimum atomic E-state index is 0.747. The van der Waals surface area contributed by atoms with E-state index in [-0.39, 0.29) is 0 Å². The summed E-state index contributed by atoms with van der Waals surface area (Å²) in [4.78, 5) is 1.03. The molecule has 0 bridgehead atoms. The van der Waals surface area contributed by atoms with Crippen molar-refractivity contribution in [2.45, 2.75) is 62.7 Å². The molecule has 1 saturated carbocycles. The molecule has 1 fully saturated rings. The Kier molecular flexibility index (Phi) is 5.25. The minimum absolute atomic E-state index is 0.747. The Bertz CT molecular complexity index is 606. The SMILES string of the molecule is CCCc1ccc(-c2ccc(S)cc2)c(C2CCCCC2)c1. The second kappa shape index (κ2) is 7.37. The van der Waals surface area contributed by atoms with Crippen LogP contribution < -0.4 is 0 Å². The topological polar surface area (TPSA) is 0 Å². The lowest BCUT2D eigenvalue weighted by molar-refractivity contribution is 0.444. The Morgan fingerprint density at radius 2 is 1.68 bits per heavy atom. The summed E-state index contributed by atoms with van der Waals surface area (Å²) in [5, 5.41) is 0. The number of hydrogen-bond donors (Lipinski definition) is 1. The first-order chi connectivity index (χ1) is 10.8. The van der Waals surface area contributed by atoms with E-state index in [0.29, 0.717) is 0 Å². The van der Waals surface area contributed by atoms with Gasteiger partial charge in [0.05, 0.1) is 0 Å². The summed E-state index contributed by atoms with van der Waals surface area (Å²) in [7, 11) is 0. The van der Waals surface area contributed by atoms with Gasteiger partial charge in [0.2, 0.25) is 0 Å². The predicted molar refractivity (Wildman–Crippen MR) is 99.0 cm³/mol. The summed E-state index contributed by atoms with van der Waals surface area (Å²) in [6.45, 7) is 2.26. The van der Waals surface area contributed by atoms with Crippen molar-refractivity contribution in [2.24, 2.45) is 0 Å². The quantitative estimate of drug-likeness (QED) is 0.601. The molecule has 0 atom stereocenters. The van der Waals surface area contributed by atoms with Crippen molar-refractivity contribution < 1.29 is 0 Å². The van der Waals surface area contributed by atoms with Crippen LogP contribution in [0, 0.1) is 0 Å². The average Bonchev–Trinajstić information content (AvgIpc) is 2.57. The first-order valence-electron chi connectivity index (χ1n) is 8.70. The first-order valence-corrected chi connectivity index (χ1v) is 9.15. The highest BCUT2D eigenvalue weighted by atomic mass is 32.1. The number of rotatable bonds is 4. The van der Waals surface area contributed by atoms with Gasteiger partial charge in [-0.3, -0.25) is 0 Å². The Hall–Kier alpha value is -1.21. The summed E-state index contributed by atoms with van der Waals surface area (Å²) < 4.78 is 0. The van der Waals surface area contributed by atoms with Gasteiger partial charge in [-0.15, -0.1) is 12.6 Å². The van der Waals surface area contributed by atoms with Gasteiger partial charge in [-0.1, -0.05) is 62.9 Å². The highest BCUT2D eigenvalue weighted by Gasteiger charge is 2.19. The van der Waals surface area contributed by atoms with E-state index in [1.54, 1.807) is 5.56 Å². The molecule has 1 aliphatic rings. The molecule has 0 amide bonds. The zero-order chi connectivity index (χ0) is 15.4. The maximum Gasteiger partial charge on any atom is 0.00404 e. The van der Waals surface area contributed by atoms with Crippen LogP contribution in [0.4, 0.5) is 0 Å². The lowest BCUT2D eigenvalue weighted by Gasteiger charge is -2.25. The molecule has 2 aromatic carbocycles. The van der Waals surface area contributed by atoms with E-state index >= 15 is 0 Å². The molecule has 2 aromatic rings. The second-order valence-electron chi connectivity index (χ2n) is 6.55. The molecule has 0 aliphatic heterocycles. The van der Waals surface area contributed by atoms with Crippen molar-refractivity contribution >= 4 is 12.6 Å². The van der Waals surface area contributed by atoms with E-state index in [2.05, 4.69) is 62.0 Å². The molecule has 3 rings (SSSR count). The molecule has 1 aliphatic carbocycles. The van der Waals surface area contributed by atoms with Crippen LogP contribution >= 0.6 is 12.6 Å². The van der Waals surface area contributed by atoms with Crippen LogP contribution in [0.15, 0.2) is 47.4 Å². The van der Waals surface area contributed by atoms with Crippen molar-refractivity contribution in [3.05, 3.63) is 53.6 Å². The molecule has 116 valence electrons. The minimum Gasteiger partial charge on any atom is -0.143 e. The van der Waals surface area contributed by atoms with E-state index in [0.717, 1.165) is 10.8 Å². The fraction of sp³-hybridized carbons (Fsp3) is 0.429. The third-order valence-corrected chi connectivity index (χ3v) is 5.18. The molecule has 0 spiro atoms. The third-order valence-electron chi connectivity index (χ3n) is 4.88. The summed E-state index contributed by atoms with van der Waals surface area (Å²) in [5.41, 5.74) is 5.84. The van der Waals surface area contributed by atoms with Gasteiger partial charge in [-0.2, -0.15) is 0 Å². The van der Waals surface area contributed by atoms with Crippen molar-refractivity contribution in [2.75, 3.05) is 0 Å². The fourth-order valence-corrected chi connectivity index (χ4v) is 3.86. The molecular formula is C21H26S. The van der Waals surface area contributed by atoms with Crippen molar-refractivity contribution in [3.8, 4) is 11.1 Å². The Morgan fingerprint density at radius 3 is 2.36 bits per heavy atom. The molecule has 0 radical (unpaired) electrons. The third kappa shape index (κ3) is 3.57. The number of thiol groups is 1. The maximum atomic E-state index is 4.42. The van der Waals surface area contributed by atoms with Crippen LogP contribution in [0.3, 0.4) is 0 Å². The van der Waals surface area contributed by atoms with Crippen LogP contribution in [0.5, 0.6) is 0 Å². The van der Waals surface area contributed by atoms with E-state index in [4.69, 9.17) is 0 Å². The van der Waals surface area contributed by atoms with Crippen molar-refractivity contribution in [1.29, 1.82) is 0 Å². The van der Waals surface area contributed by atoms with Crippen LogP contribution in [0.25, 0.3) is 11.1 Å². The fourth-order valence-electron chi connectivity index (χ4n) is 3.71. The zero-order valence-electron chi connectivity index (χ0n) is 13.5. The molecule has 0 aromatic heterocycles. The molecule has 1 heteroatoms. The summed E-state index contributed by atoms with van der Waals surface area (Å²) in [6.07, 6.45) is 9.30. The molecule has 0 N–H and O–H groups in total. The largest absolute Gasteiger partial charge is 0.143 e. The molecular weight excluding hydrogens is 284 g/mol. The van der Waals surface area contributed by atoms with Crippen molar-refractivity contribution in [3.63, 3.8) is 0 Å². The summed E-state index contributed by atoms with van der Waals surface area (Å²) >= 11 is 4.42. The molecule has 0 saturated heterocycles. The van der Waals surface area contributed by atoms with Crippen LogP contribution in [-0.2, 0) is 6.42 Å². The Labute approximate surface area is 140 Å². The highest BCUT2D eigenvalue weighted by Crippen LogP contribution is 2.39. The lowest BCUT2D eigenvalue weighted by atomic mass is 9.80. The predicted octanol–water partition coefficient (Wildman–Crippen LogP) is 6.64. The van der Waals surface area contributed by atoms with Gasteiger partial charge in [0.25, 0.3) is 0 Å². The average molecular weight is 311 g/mol. The second-order valence-corrected chi connectivity index (χ2v) is 7.07. The molecule has 0 unspecified atom stereocenters. The van der Waals surface area contributed by atoms with Crippen LogP contribution in [-0.4, -0.2) is 0 Å². The van der Waals surface area contributed by atoms with E-state index < -0.39 is 0 Å². The number of benzene rings is 2. The molecule has 22 heavy (non-hydrogen) atoms. The van der Waals surface area contributed by atoms with Crippen LogP contribution in [0.2, 0.25) is 0 Å². The van der Waals surface area contributed by atoms with Gasteiger partial charge >= 0.3 is 0 Å². The van der Waals surface area contributed by atoms with Gasteiger partial charge in [0, 0.05) is 4.90 Å².